The molecule has 0 N–H and O–H groups in total. The largest absolute Gasteiger partial charge is 0.416 e. The van der Waals surface area contributed by atoms with E-state index >= 15 is 0 Å². The molecule has 29 heavy (non-hydrogen) atoms. The van der Waals surface area contributed by atoms with Crippen LogP contribution in [0, 0.1) is 0 Å². The van der Waals surface area contributed by atoms with Gasteiger partial charge in [-0.2, -0.15) is 0 Å². The molecule has 2 aromatic heterocycles. The van der Waals surface area contributed by atoms with Crippen molar-refractivity contribution in [2.75, 3.05) is 13.1 Å². The Balaban J connectivity index is 0.00000240. The third-order valence-corrected chi connectivity index (χ3v) is 5.25. The van der Waals surface area contributed by atoms with Crippen LogP contribution in [-0.2, 0) is 12.8 Å². The lowest BCUT2D eigenvalue weighted by Gasteiger charge is -2.20. The van der Waals surface area contributed by atoms with Crippen molar-refractivity contribution in [2.45, 2.75) is 26.7 Å². The number of benzene rings is 1. The second-order valence-electron chi connectivity index (χ2n) is 6.59. The average molecular weight is 433 g/mol. The molecule has 4 rings (SSSR count). The molecule has 0 radical (unpaired) electrons. The predicted molar refractivity (Wildman–Crippen MR) is 115 cm³/mol. The minimum Gasteiger partial charge on any atom is -0.389 e. The summed E-state index contributed by atoms with van der Waals surface area (Å²) in [5.41, 5.74) is 4.82. The highest BCUT2D eigenvalue weighted by Gasteiger charge is 2.29. The average Bonchev–Trinajstić information content (AvgIpc) is 3.08. The number of ether oxygens (including phenoxy) is 1. The molecule has 0 unspecified atom stereocenters. The minimum atomic E-state index is -0.398. The molecule has 8 heteroatoms. The number of hydrogen-bond acceptors (Lipinski definition) is 4. The first kappa shape index (κ1) is 21.1. The molecule has 1 amide bonds. The normalized spacial score (nSPS) is 11.8. The van der Waals surface area contributed by atoms with Crippen LogP contribution < -0.4 is 4.74 Å². The summed E-state index contributed by atoms with van der Waals surface area (Å²) in [5.74, 6) is 0.319. The molecule has 2 heterocycles. The molecule has 1 aromatic carbocycles. The van der Waals surface area contributed by atoms with Crippen LogP contribution in [0.1, 0.15) is 25.1 Å². The molecule has 3 aromatic rings. The zero-order valence-electron chi connectivity index (χ0n) is 16.3. The topological polar surface area (TPSA) is 60.3 Å². The molecule has 1 aliphatic carbocycles. The van der Waals surface area contributed by atoms with Gasteiger partial charge < -0.3 is 9.64 Å². The van der Waals surface area contributed by atoms with Crippen LogP contribution in [0.15, 0.2) is 42.7 Å². The van der Waals surface area contributed by atoms with Gasteiger partial charge in [0.2, 0.25) is 0 Å². The zero-order chi connectivity index (χ0) is 19.7. The van der Waals surface area contributed by atoms with Crippen molar-refractivity contribution < 1.29 is 9.53 Å². The van der Waals surface area contributed by atoms with Gasteiger partial charge in [0.1, 0.15) is 0 Å². The lowest BCUT2D eigenvalue weighted by Crippen LogP contribution is -2.33. The number of aryl methyl sites for hydroxylation is 1. The number of hydrogen-bond donors (Lipinski definition) is 0. The number of carbonyl (C=O) groups excluding carboxylic acids is 1. The van der Waals surface area contributed by atoms with E-state index in [9.17, 15) is 4.79 Å². The second-order valence-corrected chi connectivity index (χ2v) is 7.03. The summed E-state index contributed by atoms with van der Waals surface area (Å²) >= 11 is 6.19. The number of rotatable bonds is 4. The Hall–Kier alpha value is -2.57. The van der Waals surface area contributed by atoms with Gasteiger partial charge in [-0.25, -0.2) is 9.48 Å². The van der Waals surface area contributed by atoms with Gasteiger partial charge in [-0.1, -0.05) is 17.7 Å². The summed E-state index contributed by atoms with van der Waals surface area (Å²) in [4.78, 5) is 18.4. The number of carbonyl (C=O) groups is 1. The van der Waals surface area contributed by atoms with E-state index in [1.54, 1.807) is 17.3 Å². The maximum absolute atomic E-state index is 12.6. The molecule has 0 fully saturated rings. The molecule has 0 aliphatic heterocycles. The van der Waals surface area contributed by atoms with Crippen LogP contribution in [-0.4, -0.2) is 38.8 Å². The zero-order valence-corrected chi connectivity index (χ0v) is 17.8. The van der Waals surface area contributed by atoms with Crippen molar-refractivity contribution in [1.29, 1.82) is 0 Å². The smallest absolute Gasteiger partial charge is 0.389 e. The third-order valence-electron chi connectivity index (χ3n) is 5.01. The van der Waals surface area contributed by atoms with E-state index in [1.165, 1.54) is 0 Å². The first-order chi connectivity index (χ1) is 13.6. The van der Waals surface area contributed by atoms with E-state index in [1.807, 2.05) is 48.9 Å². The number of halogens is 2. The monoisotopic (exact) mass is 432 g/mol. The fourth-order valence-corrected chi connectivity index (χ4v) is 3.79. The molecule has 0 bridgehead atoms. The first-order valence-electron chi connectivity index (χ1n) is 9.40. The highest BCUT2D eigenvalue weighted by Crippen LogP contribution is 2.41. The highest BCUT2D eigenvalue weighted by atomic mass is 35.5. The maximum Gasteiger partial charge on any atom is 0.416 e. The fourth-order valence-electron chi connectivity index (χ4n) is 3.59. The van der Waals surface area contributed by atoms with Crippen molar-refractivity contribution >= 4 is 30.1 Å². The van der Waals surface area contributed by atoms with Crippen LogP contribution in [0.5, 0.6) is 5.88 Å². The molecule has 1 aliphatic rings. The van der Waals surface area contributed by atoms with Crippen molar-refractivity contribution in [3.8, 4) is 22.7 Å². The molecule has 0 saturated carbocycles. The second kappa shape index (κ2) is 8.84. The fraction of sp³-hybridized carbons (Fsp3) is 0.286. The van der Waals surface area contributed by atoms with Gasteiger partial charge in [-0.15, -0.1) is 17.5 Å². The summed E-state index contributed by atoms with van der Waals surface area (Å²) in [6.07, 6.45) is 4.69. The number of fused-ring (bicyclic) bond motifs is 3. The summed E-state index contributed by atoms with van der Waals surface area (Å²) in [5, 5.41) is 5.35. The van der Waals surface area contributed by atoms with Gasteiger partial charge in [0.15, 0.2) is 0 Å². The van der Waals surface area contributed by atoms with E-state index in [0.717, 1.165) is 40.9 Å². The van der Waals surface area contributed by atoms with Crippen molar-refractivity contribution in [3.05, 3.63) is 59.0 Å². The van der Waals surface area contributed by atoms with Gasteiger partial charge in [-0.05, 0) is 62.1 Å². The summed E-state index contributed by atoms with van der Waals surface area (Å²) < 4.78 is 7.57. The molecule has 0 saturated heterocycles. The van der Waals surface area contributed by atoms with Gasteiger partial charge in [0, 0.05) is 24.3 Å². The Morgan fingerprint density at radius 3 is 2.72 bits per heavy atom. The summed E-state index contributed by atoms with van der Waals surface area (Å²) in [6.45, 7) is 5.00. The van der Waals surface area contributed by atoms with Crippen LogP contribution in [0.25, 0.3) is 16.8 Å². The summed E-state index contributed by atoms with van der Waals surface area (Å²) in [7, 11) is 0. The van der Waals surface area contributed by atoms with Crippen LogP contribution in [0.4, 0.5) is 4.79 Å². The summed E-state index contributed by atoms with van der Waals surface area (Å²) in [6, 6.07) is 9.60. The maximum atomic E-state index is 12.6. The molecule has 0 spiro atoms. The minimum absolute atomic E-state index is 0. The van der Waals surface area contributed by atoms with Crippen molar-refractivity contribution in [1.82, 2.24) is 19.7 Å². The van der Waals surface area contributed by atoms with Crippen LogP contribution in [0.2, 0.25) is 5.02 Å². The lowest BCUT2D eigenvalue weighted by molar-refractivity contribution is 0.155. The van der Waals surface area contributed by atoms with Crippen molar-refractivity contribution in [3.63, 3.8) is 0 Å². The Labute approximate surface area is 180 Å². The van der Waals surface area contributed by atoms with E-state index in [4.69, 9.17) is 16.3 Å². The quantitative estimate of drug-likeness (QED) is 0.584. The number of aromatic nitrogens is 3. The molecular weight excluding hydrogens is 411 g/mol. The van der Waals surface area contributed by atoms with Gasteiger partial charge in [0.25, 0.3) is 5.88 Å². The number of amides is 1. The Bertz CT molecular complexity index is 1020. The third kappa shape index (κ3) is 3.95. The van der Waals surface area contributed by atoms with Crippen LogP contribution >= 0.6 is 24.0 Å². The van der Waals surface area contributed by atoms with Gasteiger partial charge in [-0.3, -0.25) is 4.98 Å². The Morgan fingerprint density at radius 1 is 1.24 bits per heavy atom. The number of pyridine rings is 1. The van der Waals surface area contributed by atoms with Gasteiger partial charge >= 0.3 is 6.09 Å². The molecule has 6 nitrogen and oxygen atoms in total. The Kier molecular flexibility index (Phi) is 6.45. The molecule has 0 atom stereocenters. The van der Waals surface area contributed by atoms with Crippen molar-refractivity contribution in [2.24, 2.45) is 0 Å². The van der Waals surface area contributed by atoms with E-state index < -0.39 is 6.09 Å². The van der Waals surface area contributed by atoms with E-state index in [0.29, 0.717) is 24.0 Å². The van der Waals surface area contributed by atoms with E-state index in [-0.39, 0.29) is 12.4 Å². The SMILES string of the molecule is CCN(CC)C(=O)Oc1nn(-c2cccnc2)c2c1-c1ccc(Cl)cc1CC2.Cl. The number of nitrogens with zero attached hydrogens (tertiary/aromatic N) is 4. The van der Waals surface area contributed by atoms with Gasteiger partial charge in [0.05, 0.1) is 23.1 Å². The van der Waals surface area contributed by atoms with E-state index in [2.05, 4.69) is 10.1 Å². The molecule has 152 valence electrons. The lowest BCUT2D eigenvalue weighted by atomic mass is 9.89. The highest BCUT2D eigenvalue weighted by molar-refractivity contribution is 6.30. The standard InChI is InChI=1S/C21H21ClN4O2.ClH/c1-3-25(4-2)21(27)28-20-19-17-9-8-15(22)12-14(17)7-10-18(19)26(24-20)16-6-5-11-23-13-16;/h5-6,8-9,11-13H,3-4,7,10H2,1-2H3;1H. The molecular formula is C21H22Cl2N4O2. The first-order valence-corrected chi connectivity index (χ1v) is 9.78. The predicted octanol–water partition coefficient (Wildman–Crippen LogP) is 4.95. The Morgan fingerprint density at radius 2 is 2.03 bits per heavy atom. The van der Waals surface area contributed by atoms with Crippen LogP contribution in [0.3, 0.4) is 0 Å².